The number of anilines is 3. The minimum atomic E-state index is 0.526. The lowest BCUT2D eigenvalue weighted by molar-refractivity contribution is 0.881. The van der Waals surface area contributed by atoms with E-state index in [0.717, 1.165) is 11.4 Å². The van der Waals surface area contributed by atoms with E-state index in [4.69, 9.17) is 0 Å². The minimum absolute atomic E-state index is 0.526. The largest absolute Gasteiger partial charge is 0.277 e. The maximum atomic E-state index is 4.09. The number of nitrogens with zero attached hydrogens (tertiary/aromatic N) is 4. The van der Waals surface area contributed by atoms with Gasteiger partial charge in [-0.1, -0.05) is 40.5 Å². The summed E-state index contributed by atoms with van der Waals surface area (Å²) < 4.78 is 0. The zero-order valence-corrected chi connectivity index (χ0v) is 11.4. The highest BCUT2D eigenvalue weighted by molar-refractivity contribution is 5.72. The van der Waals surface area contributed by atoms with Gasteiger partial charge in [0.15, 0.2) is 0 Å². The van der Waals surface area contributed by atoms with Crippen LogP contribution in [0.1, 0.15) is 11.1 Å². The molecule has 0 saturated carbocycles. The predicted molar refractivity (Wildman–Crippen MR) is 78.3 cm³/mol. The van der Waals surface area contributed by atoms with E-state index < -0.39 is 0 Å². The molecule has 0 atom stereocenters. The molecular formula is C15H15N5. The second kappa shape index (κ2) is 5.13. The predicted octanol–water partition coefficient (Wildman–Crippen LogP) is 3.29. The Bertz CT molecular complexity index is 626. The lowest BCUT2D eigenvalue weighted by Crippen LogP contribution is -2.11. The van der Waals surface area contributed by atoms with Crippen molar-refractivity contribution >= 4 is 17.3 Å². The fourth-order valence-electron chi connectivity index (χ4n) is 2.02. The molecule has 3 rings (SSSR count). The van der Waals surface area contributed by atoms with Gasteiger partial charge in [0.05, 0.1) is 0 Å². The monoisotopic (exact) mass is 265 g/mol. The number of hydrogen-bond donors (Lipinski definition) is 1. The Morgan fingerprint density at radius 3 is 1.70 bits per heavy atom. The van der Waals surface area contributed by atoms with E-state index in [9.17, 15) is 0 Å². The van der Waals surface area contributed by atoms with Crippen molar-refractivity contribution in [3.05, 3.63) is 59.7 Å². The maximum Gasteiger partial charge on any atom is 0.274 e. The van der Waals surface area contributed by atoms with Gasteiger partial charge in [-0.05, 0) is 43.3 Å². The number of aryl methyl sites for hydroxylation is 2. The number of rotatable bonds is 3. The van der Waals surface area contributed by atoms with E-state index in [1.165, 1.54) is 11.1 Å². The molecule has 0 unspecified atom stereocenters. The molecule has 3 aromatic rings. The van der Waals surface area contributed by atoms with Crippen LogP contribution < -0.4 is 4.90 Å². The third kappa shape index (κ3) is 2.38. The number of tetrazole rings is 1. The van der Waals surface area contributed by atoms with Crippen molar-refractivity contribution in [1.82, 2.24) is 20.6 Å². The topological polar surface area (TPSA) is 57.7 Å². The Hall–Kier alpha value is -2.69. The highest BCUT2D eigenvalue weighted by Gasteiger charge is 2.15. The van der Waals surface area contributed by atoms with Gasteiger partial charge in [0, 0.05) is 11.4 Å². The molecule has 0 aliphatic heterocycles. The van der Waals surface area contributed by atoms with E-state index in [2.05, 4.69) is 58.7 Å². The van der Waals surface area contributed by atoms with E-state index >= 15 is 0 Å². The summed E-state index contributed by atoms with van der Waals surface area (Å²) in [5, 5.41) is 14.3. The first-order valence-electron chi connectivity index (χ1n) is 6.41. The summed E-state index contributed by atoms with van der Waals surface area (Å²) in [6, 6.07) is 16.5. The van der Waals surface area contributed by atoms with Crippen molar-refractivity contribution < 1.29 is 0 Å². The Morgan fingerprint density at radius 2 is 1.30 bits per heavy atom. The molecule has 0 amide bonds. The Kier molecular flexibility index (Phi) is 3.16. The van der Waals surface area contributed by atoms with Gasteiger partial charge < -0.3 is 0 Å². The average Bonchev–Trinajstić information content (AvgIpc) is 2.97. The van der Waals surface area contributed by atoms with Gasteiger partial charge in [-0.25, -0.2) is 0 Å². The molecule has 5 heteroatoms. The standard InChI is InChI=1S/C15H15N5/c1-11-3-7-13(8-4-11)20(15-16-18-19-17-15)14-9-5-12(2)6-10-14/h3-10H,1-2H3,(H,16,17,18,19). The van der Waals surface area contributed by atoms with E-state index in [1.807, 2.05) is 29.2 Å². The van der Waals surface area contributed by atoms with E-state index in [1.54, 1.807) is 0 Å². The minimum Gasteiger partial charge on any atom is -0.277 e. The SMILES string of the molecule is Cc1ccc(N(c2ccc(C)cc2)c2nn[nH]n2)cc1. The normalized spacial score (nSPS) is 10.5. The highest BCUT2D eigenvalue weighted by atomic mass is 15.5. The summed E-state index contributed by atoms with van der Waals surface area (Å²) in [5.74, 6) is 0.526. The van der Waals surface area contributed by atoms with Gasteiger partial charge in [0.2, 0.25) is 0 Å². The molecule has 0 aliphatic carbocycles. The lowest BCUT2D eigenvalue weighted by Gasteiger charge is -2.21. The van der Waals surface area contributed by atoms with Crippen LogP contribution in [0.4, 0.5) is 17.3 Å². The summed E-state index contributed by atoms with van der Waals surface area (Å²) >= 11 is 0. The van der Waals surface area contributed by atoms with Crippen LogP contribution in [0.3, 0.4) is 0 Å². The zero-order valence-electron chi connectivity index (χ0n) is 11.4. The van der Waals surface area contributed by atoms with Gasteiger partial charge in [-0.3, -0.25) is 4.90 Å². The first-order valence-corrected chi connectivity index (χ1v) is 6.41. The van der Waals surface area contributed by atoms with Crippen LogP contribution in [0.15, 0.2) is 48.5 Å². The average molecular weight is 265 g/mol. The first-order chi connectivity index (χ1) is 9.74. The van der Waals surface area contributed by atoms with Crippen molar-refractivity contribution in [2.45, 2.75) is 13.8 Å². The van der Waals surface area contributed by atoms with Crippen LogP contribution in [-0.4, -0.2) is 20.6 Å². The lowest BCUT2D eigenvalue weighted by atomic mass is 10.2. The smallest absolute Gasteiger partial charge is 0.274 e. The third-order valence-electron chi connectivity index (χ3n) is 3.12. The second-order valence-electron chi connectivity index (χ2n) is 4.72. The van der Waals surface area contributed by atoms with Crippen LogP contribution >= 0.6 is 0 Å². The number of aromatic nitrogens is 4. The van der Waals surface area contributed by atoms with Crippen molar-refractivity contribution in [1.29, 1.82) is 0 Å². The molecule has 1 aromatic heterocycles. The summed E-state index contributed by atoms with van der Waals surface area (Å²) in [4.78, 5) is 1.96. The van der Waals surface area contributed by atoms with Gasteiger partial charge in [0.1, 0.15) is 0 Å². The fraction of sp³-hybridized carbons (Fsp3) is 0.133. The van der Waals surface area contributed by atoms with Gasteiger partial charge >= 0.3 is 0 Å². The maximum absolute atomic E-state index is 4.09. The third-order valence-corrected chi connectivity index (χ3v) is 3.12. The fourth-order valence-corrected chi connectivity index (χ4v) is 2.02. The van der Waals surface area contributed by atoms with E-state index in [-0.39, 0.29) is 0 Å². The molecule has 0 radical (unpaired) electrons. The van der Waals surface area contributed by atoms with E-state index in [0.29, 0.717) is 5.95 Å². The van der Waals surface area contributed by atoms with Crippen LogP contribution in [-0.2, 0) is 0 Å². The van der Waals surface area contributed by atoms with Crippen LogP contribution in [0.5, 0.6) is 0 Å². The first kappa shape index (κ1) is 12.3. The molecule has 1 heterocycles. The molecule has 0 spiro atoms. The van der Waals surface area contributed by atoms with Gasteiger partial charge in [0.25, 0.3) is 5.95 Å². The van der Waals surface area contributed by atoms with Crippen LogP contribution in [0.25, 0.3) is 0 Å². The molecule has 0 saturated heterocycles. The number of H-pyrrole nitrogens is 1. The Morgan fingerprint density at radius 1 is 0.800 bits per heavy atom. The number of aromatic amines is 1. The van der Waals surface area contributed by atoms with Crippen molar-refractivity contribution in [3.63, 3.8) is 0 Å². The van der Waals surface area contributed by atoms with Crippen LogP contribution in [0, 0.1) is 13.8 Å². The quantitative estimate of drug-likeness (QED) is 0.789. The number of benzene rings is 2. The summed E-state index contributed by atoms with van der Waals surface area (Å²) in [7, 11) is 0. The molecular weight excluding hydrogens is 250 g/mol. The number of hydrogen-bond acceptors (Lipinski definition) is 4. The molecule has 2 aromatic carbocycles. The summed E-state index contributed by atoms with van der Waals surface area (Å²) in [6.07, 6.45) is 0. The molecule has 0 bridgehead atoms. The van der Waals surface area contributed by atoms with Crippen molar-refractivity contribution in [2.24, 2.45) is 0 Å². The molecule has 100 valence electrons. The van der Waals surface area contributed by atoms with Crippen molar-refractivity contribution in [3.8, 4) is 0 Å². The Labute approximate surface area is 117 Å². The van der Waals surface area contributed by atoms with Gasteiger partial charge in [-0.15, -0.1) is 5.10 Å². The molecule has 5 nitrogen and oxygen atoms in total. The molecule has 0 fully saturated rings. The van der Waals surface area contributed by atoms with Gasteiger partial charge in [-0.2, -0.15) is 5.21 Å². The summed E-state index contributed by atoms with van der Waals surface area (Å²) in [6.45, 7) is 4.13. The molecule has 1 N–H and O–H groups in total. The molecule has 20 heavy (non-hydrogen) atoms. The van der Waals surface area contributed by atoms with Crippen molar-refractivity contribution in [2.75, 3.05) is 4.90 Å². The Balaban J connectivity index is 2.09. The highest BCUT2D eigenvalue weighted by Crippen LogP contribution is 2.31. The zero-order chi connectivity index (χ0) is 13.9. The van der Waals surface area contributed by atoms with Crippen LogP contribution in [0.2, 0.25) is 0 Å². The molecule has 0 aliphatic rings. The number of nitrogens with one attached hydrogen (secondary N) is 1. The summed E-state index contributed by atoms with van der Waals surface area (Å²) in [5.41, 5.74) is 4.43. The second-order valence-corrected chi connectivity index (χ2v) is 4.72.